The van der Waals surface area contributed by atoms with Gasteiger partial charge in [0.2, 0.25) is 0 Å². The lowest BCUT2D eigenvalue weighted by atomic mass is 10.2. The van der Waals surface area contributed by atoms with Crippen molar-refractivity contribution in [3.05, 3.63) is 60.6 Å². The molecule has 1 aliphatic heterocycles. The van der Waals surface area contributed by atoms with Crippen LogP contribution in [0.25, 0.3) is 16.6 Å². The van der Waals surface area contributed by atoms with Crippen molar-refractivity contribution in [2.24, 2.45) is 4.99 Å². The molecule has 1 aromatic carbocycles. The van der Waals surface area contributed by atoms with Gasteiger partial charge in [0.1, 0.15) is 5.84 Å². The van der Waals surface area contributed by atoms with Gasteiger partial charge in [0, 0.05) is 18.1 Å². The second-order valence-corrected chi connectivity index (χ2v) is 4.79. The van der Waals surface area contributed by atoms with Gasteiger partial charge in [-0.3, -0.25) is 9.98 Å². The number of para-hydroxylation sites is 1. The molecule has 4 rings (SSSR count). The average Bonchev–Trinajstić information content (AvgIpc) is 3.15. The largest absolute Gasteiger partial charge is 0.367 e. The first-order valence-electron chi connectivity index (χ1n) is 6.73. The van der Waals surface area contributed by atoms with Crippen molar-refractivity contribution in [2.45, 2.75) is 0 Å². The summed E-state index contributed by atoms with van der Waals surface area (Å²) in [7, 11) is 0. The number of benzene rings is 1. The van der Waals surface area contributed by atoms with E-state index in [9.17, 15) is 0 Å². The first kappa shape index (κ1) is 11.2. The Balaban J connectivity index is 2.03. The third-order valence-electron chi connectivity index (χ3n) is 3.53. The lowest BCUT2D eigenvalue weighted by molar-refractivity contribution is 0.955. The Labute approximate surface area is 116 Å². The molecular formula is C16H14N4. The van der Waals surface area contributed by atoms with Crippen molar-refractivity contribution in [2.75, 3.05) is 13.1 Å². The highest BCUT2D eigenvalue weighted by atomic mass is 15.1. The molecule has 2 aromatic heterocycles. The number of hydrogen-bond donors (Lipinski definition) is 1. The second-order valence-electron chi connectivity index (χ2n) is 4.79. The van der Waals surface area contributed by atoms with Crippen LogP contribution in [0.4, 0.5) is 0 Å². The molecule has 0 aliphatic carbocycles. The zero-order chi connectivity index (χ0) is 13.4. The summed E-state index contributed by atoms with van der Waals surface area (Å²) < 4.78 is 2.21. The number of rotatable bonds is 2. The van der Waals surface area contributed by atoms with Crippen LogP contribution in [-0.4, -0.2) is 28.5 Å². The Kier molecular flexibility index (Phi) is 2.52. The van der Waals surface area contributed by atoms with Gasteiger partial charge in [-0.15, -0.1) is 0 Å². The van der Waals surface area contributed by atoms with Crippen LogP contribution in [0.15, 0.2) is 59.9 Å². The van der Waals surface area contributed by atoms with Gasteiger partial charge in [0.25, 0.3) is 0 Å². The minimum Gasteiger partial charge on any atom is -0.367 e. The lowest BCUT2D eigenvalue weighted by Gasteiger charge is -2.10. The molecular weight excluding hydrogens is 248 g/mol. The van der Waals surface area contributed by atoms with Crippen molar-refractivity contribution in [1.29, 1.82) is 0 Å². The van der Waals surface area contributed by atoms with Crippen LogP contribution in [0.3, 0.4) is 0 Å². The summed E-state index contributed by atoms with van der Waals surface area (Å²) in [6, 6.07) is 14.6. The maximum Gasteiger partial charge on any atom is 0.145 e. The minimum absolute atomic E-state index is 0.837. The van der Waals surface area contributed by atoms with Gasteiger partial charge in [-0.2, -0.15) is 0 Å². The normalized spacial score (nSPS) is 14.3. The predicted molar refractivity (Wildman–Crippen MR) is 80.5 cm³/mol. The molecule has 3 heterocycles. The fourth-order valence-electron chi connectivity index (χ4n) is 2.66. The van der Waals surface area contributed by atoms with Crippen LogP contribution in [0, 0.1) is 0 Å². The first-order valence-corrected chi connectivity index (χ1v) is 6.73. The summed E-state index contributed by atoms with van der Waals surface area (Å²) >= 11 is 0. The molecule has 0 unspecified atom stereocenters. The van der Waals surface area contributed by atoms with Crippen LogP contribution < -0.4 is 5.32 Å². The minimum atomic E-state index is 0.837. The van der Waals surface area contributed by atoms with E-state index in [0.717, 1.165) is 30.3 Å². The fourth-order valence-corrected chi connectivity index (χ4v) is 2.66. The van der Waals surface area contributed by atoms with E-state index < -0.39 is 0 Å². The number of amidine groups is 1. The maximum absolute atomic E-state index is 4.55. The summed E-state index contributed by atoms with van der Waals surface area (Å²) in [5, 5.41) is 4.56. The van der Waals surface area contributed by atoms with Gasteiger partial charge in [0.05, 0.1) is 29.6 Å². The molecule has 1 N–H and O–H groups in total. The van der Waals surface area contributed by atoms with Gasteiger partial charge in [-0.25, -0.2) is 0 Å². The standard InChI is InChI=1S/C16H14N4/c1-2-6-14-12(4-1)10-15(16-18-8-9-19-16)20(14)13-5-3-7-17-11-13/h1-7,10-11H,8-9H2,(H,18,19). The molecule has 4 nitrogen and oxygen atoms in total. The number of nitrogens with one attached hydrogen (secondary N) is 1. The molecule has 4 heteroatoms. The molecule has 0 spiro atoms. The van der Waals surface area contributed by atoms with Crippen molar-refractivity contribution in [1.82, 2.24) is 14.9 Å². The molecule has 0 fully saturated rings. The van der Waals surface area contributed by atoms with E-state index in [0.29, 0.717) is 0 Å². The molecule has 0 saturated heterocycles. The van der Waals surface area contributed by atoms with Crippen LogP contribution in [-0.2, 0) is 0 Å². The monoisotopic (exact) mass is 262 g/mol. The third kappa shape index (κ3) is 1.69. The van der Waals surface area contributed by atoms with Crippen molar-refractivity contribution in [3.63, 3.8) is 0 Å². The Morgan fingerprint density at radius 1 is 1.10 bits per heavy atom. The maximum atomic E-state index is 4.55. The highest BCUT2D eigenvalue weighted by molar-refractivity contribution is 6.03. The van der Waals surface area contributed by atoms with Gasteiger partial charge < -0.3 is 9.88 Å². The van der Waals surface area contributed by atoms with Crippen molar-refractivity contribution < 1.29 is 0 Å². The van der Waals surface area contributed by atoms with E-state index in [-0.39, 0.29) is 0 Å². The number of pyridine rings is 1. The van der Waals surface area contributed by atoms with E-state index >= 15 is 0 Å². The zero-order valence-electron chi connectivity index (χ0n) is 11.0. The third-order valence-corrected chi connectivity index (χ3v) is 3.53. The number of aliphatic imine (C=N–C) groups is 1. The number of aromatic nitrogens is 2. The number of nitrogens with zero attached hydrogens (tertiary/aromatic N) is 3. The van der Waals surface area contributed by atoms with Gasteiger partial charge in [0.15, 0.2) is 0 Å². The summed E-state index contributed by atoms with van der Waals surface area (Å²) in [6.07, 6.45) is 3.67. The quantitative estimate of drug-likeness (QED) is 0.770. The molecule has 3 aromatic rings. The topological polar surface area (TPSA) is 42.2 Å². The van der Waals surface area contributed by atoms with Gasteiger partial charge >= 0.3 is 0 Å². The van der Waals surface area contributed by atoms with E-state index in [1.165, 1.54) is 10.9 Å². The lowest BCUT2D eigenvalue weighted by Crippen LogP contribution is -2.22. The van der Waals surface area contributed by atoms with E-state index in [1.54, 1.807) is 6.20 Å². The molecule has 20 heavy (non-hydrogen) atoms. The van der Waals surface area contributed by atoms with Gasteiger partial charge in [-0.1, -0.05) is 18.2 Å². The van der Waals surface area contributed by atoms with E-state index in [2.05, 4.69) is 56.3 Å². The molecule has 98 valence electrons. The van der Waals surface area contributed by atoms with Crippen molar-refractivity contribution >= 4 is 16.7 Å². The SMILES string of the molecule is c1cncc(-n2c(C3=NCCN3)cc3ccccc32)c1. The number of fused-ring (bicyclic) bond motifs is 1. The summed E-state index contributed by atoms with van der Waals surface area (Å²) in [5.74, 6) is 0.963. The van der Waals surface area contributed by atoms with E-state index in [4.69, 9.17) is 0 Å². The molecule has 0 bridgehead atoms. The first-order chi connectivity index (χ1) is 9.93. The van der Waals surface area contributed by atoms with Gasteiger partial charge in [-0.05, 0) is 24.3 Å². The smallest absolute Gasteiger partial charge is 0.145 e. The molecule has 0 saturated carbocycles. The predicted octanol–water partition coefficient (Wildman–Crippen LogP) is 2.38. The van der Waals surface area contributed by atoms with Crippen molar-refractivity contribution in [3.8, 4) is 5.69 Å². The molecule has 0 atom stereocenters. The Bertz CT molecular complexity index is 787. The Morgan fingerprint density at radius 2 is 2.05 bits per heavy atom. The fraction of sp³-hybridized carbons (Fsp3) is 0.125. The van der Waals surface area contributed by atoms with Crippen LogP contribution in [0.2, 0.25) is 0 Å². The van der Waals surface area contributed by atoms with Crippen LogP contribution >= 0.6 is 0 Å². The molecule has 0 amide bonds. The highest BCUT2D eigenvalue weighted by Crippen LogP contribution is 2.24. The number of hydrogen-bond acceptors (Lipinski definition) is 3. The zero-order valence-corrected chi connectivity index (χ0v) is 11.0. The molecule has 1 aliphatic rings. The van der Waals surface area contributed by atoms with Crippen LogP contribution in [0.5, 0.6) is 0 Å². The van der Waals surface area contributed by atoms with Crippen LogP contribution in [0.1, 0.15) is 5.69 Å². The summed E-state index contributed by atoms with van der Waals surface area (Å²) in [6.45, 7) is 1.74. The average molecular weight is 262 g/mol. The summed E-state index contributed by atoms with van der Waals surface area (Å²) in [4.78, 5) is 8.79. The Hall–Kier alpha value is -2.62. The summed E-state index contributed by atoms with van der Waals surface area (Å²) in [5.41, 5.74) is 3.32. The second kappa shape index (κ2) is 4.49. The molecule has 0 radical (unpaired) electrons. The Morgan fingerprint density at radius 3 is 2.85 bits per heavy atom. The highest BCUT2D eigenvalue weighted by Gasteiger charge is 2.17. The van der Waals surface area contributed by atoms with E-state index in [1.807, 2.05) is 12.3 Å².